The number of rotatable bonds is 5. The first-order valence-corrected chi connectivity index (χ1v) is 11.2. The van der Waals surface area contributed by atoms with Gasteiger partial charge in [-0.05, 0) is 45.4 Å². The molecule has 2 heterocycles. The Kier molecular flexibility index (Phi) is 5.38. The minimum atomic E-state index is -3.03. The lowest BCUT2D eigenvalue weighted by atomic mass is 9.64. The average Bonchev–Trinajstić information content (AvgIpc) is 2.82. The van der Waals surface area contributed by atoms with Crippen LogP contribution in [0.2, 0.25) is 0 Å². The van der Waals surface area contributed by atoms with E-state index in [9.17, 15) is 27.5 Å². The van der Waals surface area contributed by atoms with E-state index in [1.165, 1.54) is 18.5 Å². The van der Waals surface area contributed by atoms with Gasteiger partial charge in [0.2, 0.25) is 0 Å². The number of pyridine rings is 1. The quantitative estimate of drug-likeness (QED) is 0.398. The van der Waals surface area contributed by atoms with Crippen molar-refractivity contribution in [1.29, 1.82) is 0 Å². The monoisotopic (exact) mass is 476 g/mol. The van der Waals surface area contributed by atoms with Gasteiger partial charge in [-0.3, -0.25) is 4.79 Å². The summed E-state index contributed by atoms with van der Waals surface area (Å²) >= 11 is 0. The fourth-order valence-corrected chi connectivity index (χ4v) is 5.39. The zero-order valence-electron chi connectivity index (χ0n) is 18.5. The SMILES string of the molecule is Cc1c(=O)n(C23CCC(F)(CC2)CC3)cc2c(N[C@H](O)c3cccc(C(F)F)c3F)ncnc12. The van der Waals surface area contributed by atoms with Gasteiger partial charge in [-0.25, -0.2) is 27.5 Å². The van der Waals surface area contributed by atoms with E-state index >= 15 is 0 Å². The molecule has 2 bridgehead atoms. The smallest absolute Gasteiger partial charge is 0.266 e. The number of hydrogen-bond acceptors (Lipinski definition) is 5. The van der Waals surface area contributed by atoms with Crippen LogP contribution in [0, 0.1) is 12.7 Å². The number of nitrogens with zero attached hydrogens (tertiary/aromatic N) is 3. The molecule has 0 aliphatic heterocycles. The van der Waals surface area contributed by atoms with Gasteiger partial charge in [-0.2, -0.15) is 0 Å². The summed E-state index contributed by atoms with van der Waals surface area (Å²) < 4.78 is 57.1. The summed E-state index contributed by atoms with van der Waals surface area (Å²) in [7, 11) is 0. The maximum atomic E-state index is 14.7. The van der Waals surface area contributed by atoms with E-state index in [1.54, 1.807) is 17.7 Å². The van der Waals surface area contributed by atoms with Gasteiger partial charge in [-0.1, -0.05) is 18.2 Å². The summed E-state index contributed by atoms with van der Waals surface area (Å²) in [6.07, 6.45) is 0.920. The Morgan fingerprint density at radius 3 is 2.38 bits per heavy atom. The molecule has 1 aromatic carbocycles. The van der Waals surface area contributed by atoms with E-state index < -0.39 is 35.2 Å². The third-order valence-electron chi connectivity index (χ3n) is 7.52. The fourth-order valence-electron chi connectivity index (χ4n) is 5.39. The van der Waals surface area contributed by atoms with Crippen molar-refractivity contribution in [2.45, 2.75) is 69.3 Å². The van der Waals surface area contributed by atoms with E-state index in [1.807, 2.05) is 0 Å². The van der Waals surface area contributed by atoms with Gasteiger partial charge in [-0.15, -0.1) is 0 Å². The minimum Gasteiger partial charge on any atom is -0.369 e. The molecule has 3 aromatic rings. The molecular formula is C24H24F4N4O2. The highest BCUT2D eigenvalue weighted by Crippen LogP contribution is 2.52. The fraction of sp³-hybridized carbons (Fsp3) is 0.458. The van der Waals surface area contributed by atoms with Crippen molar-refractivity contribution in [2.75, 3.05) is 5.32 Å². The molecule has 2 aromatic heterocycles. The first kappa shape index (κ1) is 22.8. The normalized spacial score (nSPS) is 25.1. The zero-order valence-corrected chi connectivity index (χ0v) is 18.5. The Morgan fingerprint density at radius 1 is 1.09 bits per heavy atom. The lowest BCUT2D eigenvalue weighted by Crippen LogP contribution is -2.52. The summed E-state index contributed by atoms with van der Waals surface area (Å²) in [6.45, 7) is 1.64. The molecule has 34 heavy (non-hydrogen) atoms. The Bertz CT molecular complexity index is 1300. The second-order valence-corrected chi connectivity index (χ2v) is 9.39. The number of aromatic nitrogens is 3. The number of aliphatic hydroxyl groups is 1. The second kappa shape index (κ2) is 8.04. The maximum absolute atomic E-state index is 14.7. The highest BCUT2D eigenvalue weighted by atomic mass is 19.3. The van der Waals surface area contributed by atoms with Crippen LogP contribution in [-0.4, -0.2) is 25.3 Å². The lowest BCUT2D eigenvalue weighted by molar-refractivity contribution is -0.0283. The van der Waals surface area contributed by atoms with Crippen molar-refractivity contribution in [1.82, 2.24) is 14.5 Å². The van der Waals surface area contributed by atoms with E-state index in [2.05, 4.69) is 15.3 Å². The minimum absolute atomic E-state index is 0.124. The molecule has 0 radical (unpaired) electrons. The summed E-state index contributed by atoms with van der Waals surface area (Å²) in [5.41, 5.74) is -2.32. The Hall–Kier alpha value is -3.01. The number of halogens is 4. The molecule has 1 atom stereocenters. The van der Waals surface area contributed by atoms with E-state index in [0.717, 1.165) is 6.07 Å². The van der Waals surface area contributed by atoms with Gasteiger partial charge >= 0.3 is 0 Å². The Balaban J connectivity index is 1.57. The molecule has 3 aliphatic carbocycles. The predicted octanol–water partition coefficient (Wildman–Crippen LogP) is 5.05. The van der Waals surface area contributed by atoms with Crippen molar-refractivity contribution in [3.63, 3.8) is 0 Å². The Morgan fingerprint density at radius 2 is 1.74 bits per heavy atom. The van der Waals surface area contributed by atoms with Crippen molar-refractivity contribution >= 4 is 16.7 Å². The predicted molar refractivity (Wildman–Crippen MR) is 118 cm³/mol. The summed E-state index contributed by atoms with van der Waals surface area (Å²) in [4.78, 5) is 21.6. The molecule has 0 amide bonds. The standard InChI is InChI=1S/C24H24F4N4O2/c1-13-18-16(11-32(22(13)34)24-8-5-23(28,6-9-24)7-10-24)20(30-12-29-18)31-21(33)15-4-2-3-14(17(15)25)19(26)27/h2-4,11-12,19,21,33H,5-10H2,1H3,(H,29,30,31)/t21-,23?,24?/m1/s1. The van der Waals surface area contributed by atoms with Crippen LogP contribution >= 0.6 is 0 Å². The van der Waals surface area contributed by atoms with Crippen molar-refractivity contribution < 1.29 is 22.7 Å². The molecule has 3 saturated carbocycles. The van der Waals surface area contributed by atoms with Crippen LogP contribution < -0.4 is 10.9 Å². The number of fused-ring (bicyclic) bond motifs is 4. The van der Waals surface area contributed by atoms with Crippen LogP contribution in [0.1, 0.15) is 67.9 Å². The van der Waals surface area contributed by atoms with Gasteiger partial charge in [0.05, 0.1) is 16.5 Å². The van der Waals surface area contributed by atoms with E-state index in [4.69, 9.17) is 0 Å². The van der Waals surface area contributed by atoms with Crippen LogP contribution in [0.5, 0.6) is 0 Å². The van der Waals surface area contributed by atoms with Crippen LogP contribution in [0.4, 0.5) is 23.4 Å². The maximum Gasteiger partial charge on any atom is 0.266 e. The molecular weight excluding hydrogens is 452 g/mol. The summed E-state index contributed by atoms with van der Waals surface area (Å²) in [5.74, 6) is -1.08. The molecule has 2 N–H and O–H groups in total. The van der Waals surface area contributed by atoms with Gasteiger partial charge < -0.3 is 15.0 Å². The van der Waals surface area contributed by atoms with Gasteiger partial charge in [0.1, 0.15) is 23.6 Å². The van der Waals surface area contributed by atoms with Gasteiger partial charge in [0.15, 0.2) is 6.23 Å². The molecule has 3 aliphatic rings. The van der Waals surface area contributed by atoms with Crippen molar-refractivity contribution in [3.8, 4) is 0 Å². The largest absolute Gasteiger partial charge is 0.369 e. The summed E-state index contributed by atoms with van der Waals surface area (Å²) in [6, 6.07) is 3.40. The van der Waals surface area contributed by atoms with E-state index in [-0.39, 0.29) is 16.9 Å². The van der Waals surface area contributed by atoms with Crippen LogP contribution in [-0.2, 0) is 5.54 Å². The average molecular weight is 476 g/mol. The number of aryl methyl sites for hydroxylation is 1. The molecule has 6 nitrogen and oxygen atoms in total. The third kappa shape index (κ3) is 3.55. The molecule has 180 valence electrons. The zero-order chi connectivity index (χ0) is 24.3. The number of hydrogen-bond donors (Lipinski definition) is 2. The molecule has 0 spiro atoms. The number of aliphatic hydroxyl groups excluding tert-OH is 1. The highest BCUT2D eigenvalue weighted by molar-refractivity contribution is 5.90. The first-order chi connectivity index (χ1) is 16.1. The second-order valence-electron chi connectivity index (χ2n) is 9.39. The molecule has 0 unspecified atom stereocenters. The molecule has 6 rings (SSSR count). The Labute approximate surface area is 192 Å². The van der Waals surface area contributed by atoms with Crippen LogP contribution in [0.25, 0.3) is 10.9 Å². The third-order valence-corrected chi connectivity index (χ3v) is 7.52. The van der Waals surface area contributed by atoms with E-state index in [0.29, 0.717) is 55.0 Å². The number of nitrogens with one attached hydrogen (secondary N) is 1. The summed E-state index contributed by atoms with van der Waals surface area (Å²) in [5, 5.41) is 13.7. The van der Waals surface area contributed by atoms with Crippen LogP contribution in [0.15, 0.2) is 35.5 Å². The van der Waals surface area contributed by atoms with Gasteiger partial charge in [0.25, 0.3) is 12.0 Å². The number of benzene rings is 1. The van der Waals surface area contributed by atoms with Crippen molar-refractivity contribution in [2.24, 2.45) is 0 Å². The lowest BCUT2D eigenvalue weighted by Gasteiger charge is -2.50. The molecule has 0 saturated heterocycles. The number of anilines is 1. The molecule has 10 heteroatoms. The number of alkyl halides is 3. The van der Waals surface area contributed by atoms with Crippen molar-refractivity contribution in [3.05, 3.63) is 63.6 Å². The topological polar surface area (TPSA) is 80.0 Å². The highest BCUT2D eigenvalue weighted by Gasteiger charge is 2.50. The van der Waals surface area contributed by atoms with Gasteiger partial charge in [0, 0.05) is 22.9 Å². The molecule has 3 fully saturated rings. The first-order valence-electron chi connectivity index (χ1n) is 11.2. The van der Waals surface area contributed by atoms with Crippen LogP contribution in [0.3, 0.4) is 0 Å².